The van der Waals surface area contributed by atoms with Gasteiger partial charge in [-0.15, -0.1) is 0 Å². The second-order valence-electron chi connectivity index (χ2n) is 4.06. The van der Waals surface area contributed by atoms with Crippen molar-refractivity contribution in [3.8, 4) is 0 Å². The Labute approximate surface area is 84.7 Å². The summed E-state index contributed by atoms with van der Waals surface area (Å²) in [7, 11) is 1.99. The number of rotatable bonds is 2. The number of nitrogens with two attached hydrogens (primary N) is 1. The minimum atomic E-state index is 0.415. The highest BCUT2D eigenvalue weighted by Crippen LogP contribution is 2.11. The molecule has 0 aliphatic carbocycles. The van der Waals surface area contributed by atoms with Crippen LogP contribution < -0.4 is 5.73 Å². The van der Waals surface area contributed by atoms with Crippen LogP contribution in [-0.4, -0.2) is 33.8 Å². The lowest BCUT2D eigenvalue weighted by atomic mass is 10.1. The van der Waals surface area contributed by atoms with E-state index in [1.807, 2.05) is 17.9 Å². The third-order valence-electron chi connectivity index (χ3n) is 2.94. The van der Waals surface area contributed by atoms with Crippen LogP contribution >= 0.6 is 0 Å². The average molecular weight is 194 g/mol. The molecule has 2 N–H and O–H groups in total. The number of aryl methyl sites for hydroxylation is 1. The van der Waals surface area contributed by atoms with Crippen molar-refractivity contribution in [1.29, 1.82) is 0 Å². The Balaban J connectivity index is 1.89. The molecule has 4 nitrogen and oxygen atoms in total. The van der Waals surface area contributed by atoms with Gasteiger partial charge in [-0.3, -0.25) is 9.58 Å². The van der Waals surface area contributed by atoms with Crippen molar-refractivity contribution in [2.24, 2.45) is 12.8 Å². The van der Waals surface area contributed by atoms with Crippen molar-refractivity contribution in [3.63, 3.8) is 0 Å². The van der Waals surface area contributed by atoms with Gasteiger partial charge < -0.3 is 5.73 Å². The Morgan fingerprint density at radius 1 is 1.50 bits per heavy atom. The summed E-state index contributed by atoms with van der Waals surface area (Å²) in [4.78, 5) is 2.44. The topological polar surface area (TPSA) is 47.1 Å². The summed E-state index contributed by atoms with van der Waals surface area (Å²) < 4.78 is 1.94. The molecule has 0 radical (unpaired) electrons. The van der Waals surface area contributed by atoms with Crippen molar-refractivity contribution in [3.05, 3.63) is 18.0 Å². The lowest BCUT2D eigenvalue weighted by Crippen LogP contribution is -2.39. The number of hydrogen-bond acceptors (Lipinski definition) is 3. The van der Waals surface area contributed by atoms with E-state index in [9.17, 15) is 0 Å². The molecule has 0 unspecified atom stereocenters. The van der Waals surface area contributed by atoms with E-state index in [1.165, 1.54) is 5.69 Å². The van der Waals surface area contributed by atoms with E-state index < -0.39 is 0 Å². The van der Waals surface area contributed by atoms with Crippen molar-refractivity contribution in [2.45, 2.75) is 25.4 Å². The first-order chi connectivity index (χ1) is 6.75. The smallest absolute Gasteiger partial charge is 0.0521 e. The van der Waals surface area contributed by atoms with Gasteiger partial charge in [-0.1, -0.05) is 0 Å². The fraction of sp³-hybridized carbons (Fsp3) is 0.700. The van der Waals surface area contributed by atoms with Gasteiger partial charge in [0.05, 0.1) is 5.69 Å². The zero-order chi connectivity index (χ0) is 9.97. The Morgan fingerprint density at radius 3 is 2.79 bits per heavy atom. The van der Waals surface area contributed by atoms with E-state index in [1.54, 1.807) is 0 Å². The number of aromatic nitrogens is 2. The molecule has 78 valence electrons. The zero-order valence-corrected chi connectivity index (χ0v) is 8.69. The lowest BCUT2D eigenvalue weighted by Gasteiger charge is -2.29. The quantitative estimate of drug-likeness (QED) is 0.738. The molecular weight excluding hydrogens is 176 g/mol. The SMILES string of the molecule is Cn1nccc1CN1CCC(N)CC1. The standard InChI is InChI=1S/C10H18N4/c1-13-10(2-5-12-13)8-14-6-3-9(11)4-7-14/h2,5,9H,3-4,6-8,11H2,1H3. The van der Waals surface area contributed by atoms with Gasteiger partial charge in [0.1, 0.15) is 0 Å². The van der Waals surface area contributed by atoms with Crippen LogP contribution in [0.5, 0.6) is 0 Å². The largest absolute Gasteiger partial charge is 0.328 e. The Hall–Kier alpha value is -0.870. The second-order valence-corrected chi connectivity index (χ2v) is 4.06. The molecule has 0 aromatic carbocycles. The van der Waals surface area contributed by atoms with Gasteiger partial charge in [0.2, 0.25) is 0 Å². The van der Waals surface area contributed by atoms with Crippen molar-refractivity contribution < 1.29 is 0 Å². The summed E-state index contributed by atoms with van der Waals surface area (Å²) in [5, 5.41) is 4.16. The van der Waals surface area contributed by atoms with Gasteiger partial charge in [-0.2, -0.15) is 5.10 Å². The number of likely N-dealkylation sites (tertiary alicyclic amines) is 1. The van der Waals surface area contributed by atoms with E-state index in [0.29, 0.717) is 6.04 Å². The number of hydrogen-bond donors (Lipinski definition) is 1. The summed E-state index contributed by atoms with van der Waals surface area (Å²) in [5.41, 5.74) is 7.13. The fourth-order valence-corrected chi connectivity index (χ4v) is 1.90. The molecule has 1 aromatic heterocycles. The zero-order valence-electron chi connectivity index (χ0n) is 8.69. The van der Waals surface area contributed by atoms with Crippen LogP contribution in [0.25, 0.3) is 0 Å². The van der Waals surface area contributed by atoms with E-state index in [4.69, 9.17) is 5.73 Å². The molecular formula is C10H18N4. The summed E-state index contributed by atoms with van der Waals surface area (Å²) in [5.74, 6) is 0. The molecule has 2 rings (SSSR count). The summed E-state index contributed by atoms with van der Waals surface area (Å²) in [6, 6.07) is 2.49. The normalized spacial score (nSPS) is 20.1. The van der Waals surface area contributed by atoms with Crippen LogP contribution in [0.15, 0.2) is 12.3 Å². The van der Waals surface area contributed by atoms with Crippen LogP contribution in [0.3, 0.4) is 0 Å². The molecule has 1 aliphatic heterocycles. The van der Waals surface area contributed by atoms with Crippen molar-refractivity contribution in [2.75, 3.05) is 13.1 Å². The number of piperidine rings is 1. The van der Waals surface area contributed by atoms with Crippen LogP contribution in [-0.2, 0) is 13.6 Å². The minimum absolute atomic E-state index is 0.415. The maximum atomic E-state index is 5.86. The highest BCUT2D eigenvalue weighted by atomic mass is 15.3. The molecule has 14 heavy (non-hydrogen) atoms. The summed E-state index contributed by atoms with van der Waals surface area (Å²) in [6.07, 6.45) is 4.10. The van der Waals surface area contributed by atoms with Crippen LogP contribution in [0.1, 0.15) is 18.5 Å². The molecule has 0 bridgehead atoms. The first-order valence-electron chi connectivity index (χ1n) is 5.20. The molecule has 0 amide bonds. The molecule has 1 aliphatic rings. The molecule has 4 heteroatoms. The van der Waals surface area contributed by atoms with Gasteiger partial charge >= 0.3 is 0 Å². The number of nitrogens with zero attached hydrogens (tertiary/aromatic N) is 3. The van der Waals surface area contributed by atoms with E-state index in [-0.39, 0.29) is 0 Å². The Kier molecular flexibility index (Phi) is 2.84. The third-order valence-corrected chi connectivity index (χ3v) is 2.94. The predicted molar refractivity (Wildman–Crippen MR) is 55.7 cm³/mol. The Morgan fingerprint density at radius 2 is 2.21 bits per heavy atom. The van der Waals surface area contributed by atoms with E-state index >= 15 is 0 Å². The van der Waals surface area contributed by atoms with Crippen LogP contribution in [0.4, 0.5) is 0 Å². The molecule has 2 heterocycles. The fourth-order valence-electron chi connectivity index (χ4n) is 1.90. The molecule has 1 fully saturated rings. The summed E-state index contributed by atoms with van der Waals surface area (Å²) >= 11 is 0. The second kappa shape index (κ2) is 4.11. The van der Waals surface area contributed by atoms with Crippen molar-refractivity contribution >= 4 is 0 Å². The van der Waals surface area contributed by atoms with Crippen LogP contribution in [0, 0.1) is 0 Å². The lowest BCUT2D eigenvalue weighted by molar-refractivity contribution is 0.201. The predicted octanol–water partition coefficient (Wildman–Crippen LogP) is 0.343. The molecule has 1 saturated heterocycles. The van der Waals surface area contributed by atoms with Gasteiger partial charge in [0, 0.05) is 38.9 Å². The van der Waals surface area contributed by atoms with Gasteiger partial charge in [-0.25, -0.2) is 0 Å². The monoisotopic (exact) mass is 194 g/mol. The molecule has 0 spiro atoms. The van der Waals surface area contributed by atoms with E-state index in [2.05, 4.69) is 16.1 Å². The summed E-state index contributed by atoms with van der Waals surface area (Å²) in [6.45, 7) is 3.24. The minimum Gasteiger partial charge on any atom is -0.328 e. The highest BCUT2D eigenvalue weighted by Gasteiger charge is 2.16. The molecule has 0 saturated carbocycles. The van der Waals surface area contributed by atoms with Gasteiger partial charge in [0.15, 0.2) is 0 Å². The first-order valence-corrected chi connectivity index (χ1v) is 5.20. The Bertz CT molecular complexity index is 286. The van der Waals surface area contributed by atoms with Gasteiger partial charge in [-0.05, 0) is 18.9 Å². The highest BCUT2D eigenvalue weighted by molar-refractivity contribution is 5.00. The first kappa shape index (κ1) is 9.68. The molecule has 1 aromatic rings. The molecule has 0 atom stereocenters. The van der Waals surface area contributed by atoms with Gasteiger partial charge in [0.25, 0.3) is 0 Å². The maximum Gasteiger partial charge on any atom is 0.0521 e. The third kappa shape index (κ3) is 2.13. The maximum absolute atomic E-state index is 5.86. The average Bonchev–Trinajstić information content (AvgIpc) is 2.56. The van der Waals surface area contributed by atoms with Crippen molar-refractivity contribution in [1.82, 2.24) is 14.7 Å². The van der Waals surface area contributed by atoms with Crippen LogP contribution in [0.2, 0.25) is 0 Å². The van der Waals surface area contributed by atoms with E-state index in [0.717, 1.165) is 32.5 Å².